The number of carbonyl (C=O) groups excluding carboxylic acids is 4. The van der Waals surface area contributed by atoms with Gasteiger partial charge >= 0.3 is 5.97 Å². The van der Waals surface area contributed by atoms with E-state index in [1.54, 1.807) is 0 Å². The van der Waals surface area contributed by atoms with E-state index in [1.807, 2.05) is 6.26 Å². The largest absolute Gasteiger partial charge is 0.507 e. The van der Waals surface area contributed by atoms with Crippen LogP contribution < -0.4 is 31.7 Å². The van der Waals surface area contributed by atoms with E-state index >= 15 is 0 Å². The van der Waals surface area contributed by atoms with Crippen molar-refractivity contribution >= 4 is 52.7 Å². The van der Waals surface area contributed by atoms with Crippen LogP contribution in [0.1, 0.15) is 49.7 Å². The molecule has 2 unspecified atom stereocenters. The Bertz CT molecular complexity index is 2200. The molecule has 288 valence electrons. The van der Waals surface area contributed by atoms with Gasteiger partial charge < -0.3 is 42.0 Å². The molecule has 1 aliphatic heterocycles. The summed E-state index contributed by atoms with van der Waals surface area (Å²) in [7, 11) is 0. The summed E-state index contributed by atoms with van der Waals surface area (Å²) in [6.07, 6.45) is 2.26. The molecule has 4 amide bonds. The molecule has 0 bridgehead atoms. The number of halogens is 5. The van der Waals surface area contributed by atoms with E-state index in [2.05, 4.69) is 21.3 Å². The maximum Gasteiger partial charge on any atom is 0.339 e. The average molecular weight is 788 g/mol. The van der Waals surface area contributed by atoms with Gasteiger partial charge in [0.05, 0.1) is 19.1 Å². The summed E-state index contributed by atoms with van der Waals surface area (Å²) in [6, 6.07) is 11.2. The third kappa shape index (κ3) is 8.62. The van der Waals surface area contributed by atoms with Crippen LogP contribution in [0.4, 0.5) is 33.3 Å². The number of carboxylic acids is 1. The average Bonchev–Trinajstić information content (AvgIpc) is 3.15. The van der Waals surface area contributed by atoms with Gasteiger partial charge in [-0.2, -0.15) is 11.8 Å². The minimum absolute atomic E-state index is 0.0304. The lowest BCUT2D eigenvalue weighted by Crippen LogP contribution is -2.46. The summed E-state index contributed by atoms with van der Waals surface area (Å²) in [6.45, 7) is -0.933. The van der Waals surface area contributed by atoms with Crippen LogP contribution in [0.3, 0.4) is 0 Å². The van der Waals surface area contributed by atoms with E-state index in [0.717, 1.165) is 6.07 Å². The number of anilines is 2. The molecular formula is C36H30F5N5O8S. The van der Waals surface area contributed by atoms with Gasteiger partial charge in [0.2, 0.25) is 23.5 Å². The predicted octanol–water partition coefficient (Wildman–Crippen LogP) is 4.58. The van der Waals surface area contributed by atoms with Gasteiger partial charge in [0.1, 0.15) is 28.4 Å². The molecule has 0 spiro atoms. The van der Waals surface area contributed by atoms with Crippen molar-refractivity contribution in [3.8, 4) is 17.2 Å². The number of hydrogen-bond donors (Lipinski definition) is 7. The van der Waals surface area contributed by atoms with Crippen molar-refractivity contribution in [3.63, 3.8) is 0 Å². The van der Waals surface area contributed by atoms with Gasteiger partial charge in [-0.25, -0.2) is 26.7 Å². The number of nitrogens with two attached hydrogens (primary N) is 1. The third-order valence-corrected chi connectivity index (χ3v) is 8.93. The summed E-state index contributed by atoms with van der Waals surface area (Å²) in [5.74, 6) is -17.8. The van der Waals surface area contributed by atoms with Crippen LogP contribution in [0, 0.1) is 29.1 Å². The molecule has 1 heterocycles. The number of hydrogen-bond acceptors (Lipinski definition) is 9. The maximum atomic E-state index is 14.4. The lowest BCUT2D eigenvalue weighted by molar-refractivity contribution is -0.127. The Morgan fingerprint density at radius 3 is 1.91 bits per heavy atom. The number of carboxylic acid groups (broad SMARTS) is 1. The number of rotatable bonds is 13. The van der Waals surface area contributed by atoms with Gasteiger partial charge in [0.25, 0.3) is 5.91 Å². The van der Waals surface area contributed by atoms with Gasteiger partial charge in [-0.3, -0.25) is 19.2 Å². The van der Waals surface area contributed by atoms with E-state index in [0.29, 0.717) is 17.7 Å². The van der Waals surface area contributed by atoms with Crippen LogP contribution in [0.25, 0.3) is 0 Å². The zero-order chi connectivity index (χ0) is 40.1. The van der Waals surface area contributed by atoms with Crippen molar-refractivity contribution in [1.82, 2.24) is 10.6 Å². The van der Waals surface area contributed by atoms with E-state index in [-0.39, 0.29) is 34.0 Å². The second-order valence-electron chi connectivity index (χ2n) is 11.9. The number of aromatic hydroxyl groups is 1. The van der Waals surface area contributed by atoms with Gasteiger partial charge in [-0.15, -0.1) is 0 Å². The molecule has 2 atom stereocenters. The molecule has 4 aromatic carbocycles. The molecule has 19 heteroatoms. The molecule has 13 nitrogen and oxygen atoms in total. The van der Waals surface area contributed by atoms with Crippen molar-refractivity contribution in [1.29, 1.82) is 0 Å². The molecule has 0 saturated carbocycles. The smallest absolute Gasteiger partial charge is 0.339 e. The lowest BCUT2D eigenvalue weighted by Gasteiger charge is -2.30. The molecule has 0 aromatic heterocycles. The Morgan fingerprint density at radius 2 is 1.33 bits per heavy atom. The number of amides is 4. The normalized spacial score (nSPS) is 13.4. The molecule has 0 radical (unpaired) electrons. The third-order valence-electron chi connectivity index (χ3n) is 8.29. The molecule has 8 N–H and O–H groups in total. The van der Waals surface area contributed by atoms with Crippen molar-refractivity contribution in [3.05, 3.63) is 112 Å². The predicted molar refractivity (Wildman–Crippen MR) is 189 cm³/mol. The number of fused-ring (bicyclic) bond motifs is 2. The summed E-state index contributed by atoms with van der Waals surface area (Å²) < 4.78 is 76.0. The first-order chi connectivity index (χ1) is 26.1. The minimum Gasteiger partial charge on any atom is -0.507 e. The second-order valence-corrected chi connectivity index (χ2v) is 12.9. The van der Waals surface area contributed by atoms with Gasteiger partial charge in [-0.05, 0) is 42.2 Å². The monoisotopic (exact) mass is 787 g/mol. The van der Waals surface area contributed by atoms with E-state index in [4.69, 9.17) is 10.5 Å². The molecule has 1 aliphatic rings. The highest BCUT2D eigenvalue weighted by Crippen LogP contribution is 2.50. The highest BCUT2D eigenvalue weighted by molar-refractivity contribution is 7.98. The molecule has 55 heavy (non-hydrogen) atoms. The van der Waals surface area contributed by atoms with E-state index in [9.17, 15) is 56.1 Å². The number of carbonyl (C=O) groups is 5. The van der Waals surface area contributed by atoms with E-state index in [1.165, 1.54) is 60.3 Å². The van der Waals surface area contributed by atoms with Crippen molar-refractivity contribution in [2.45, 2.75) is 18.4 Å². The highest BCUT2D eigenvalue weighted by atomic mass is 32.2. The lowest BCUT2D eigenvalue weighted by atomic mass is 9.80. The quantitative estimate of drug-likeness (QED) is 0.0502. The van der Waals surface area contributed by atoms with E-state index < -0.39 is 101 Å². The SMILES string of the molecule is CSCCC(N)C(=O)NCC(=O)NCC(=O)Nc1ccc2c(c1)Oc1cc(NC(=O)c3c(F)c(F)c(F)c(F)c3F)ccc1C2c1cccc(O)c1C(=O)O. The standard InChI is InChI=1S/C36H30F5N5O8S/c1-55-10-9-20(42)34(50)44-13-24(48)43-14-25(49)45-15-5-7-17-22(11-15)54-23-12-16(46-35(51)28-29(37)31(39)33(41)32(40)30(28)38)6-8-18(23)26(17)19-3-2-4-21(47)27(19)36(52)53/h2-8,11-12,20,26,47H,9-10,13-14,42H2,1H3,(H,43,48)(H,44,50)(H,45,49)(H,46,51)(H,52,53). The van der Waals surface area contributed by atoms with Gasteiger partial charge in [0.15, 0.2) is 23.3 Å². The van der Waals surface area contributed by atoms with Crippen molar-refractivity contribution in [2.75, 3.05) is 35.7 Å². The first-order valence-electron chi connectivity index (χ1n) is 16.0. The number of aromatic carboxylic acids is 1. The number of ether oxygens (including phenoxy) is 1. The number of benzene rings is 4. The van der Waals surface area contributed by atoms with Crippen molar-refractivity contribution in [2.24, 2.45) is 5.73 Å². The highest BCUT2D eigenvalue weighted by Gasteiger charge is 2.34. The van der Waals surface area contributed by atoms with Gasteiger partial charge in [0, 0.05) is 40.6 Å². The minimum atomic E-state index is -2.45. The fraction of sp³-hybridized carbons (Fsp3) is 0.194. The number of phenols is 1. The first kappa shape index (κ1) is 40.0. The summed E-state index contributed by atoms with van der Waals surface area (Å²) >= 11 is 1.51. The molecule has 4 aromatic rings. The van der Waals surface area contributed by atoms with Crippen LogP contribution in [-0.2, 0) is 14.4 Å². The zero-order valence-electron chi connectivity index (χ0n) is 28.4. The Labute approximate surface area is 312 Å². The Balaban J connectivity index is 1.40. The maximum absolute atomic E-state index is 14.4. The Morgan fingerprint density at radius 1 is 0.764 bits per heavy atom. The van der Waals surface area contributed by atoms with Crippen LogP contribution in [0.2, 0.25) is 0 Å². The van der Waals surface area contributed by atoms with Crippen LogP contribution in [0.5, 0.6) is 17.2 Å². The summed E-state index contributed by atoms with van der Waals surface area (Å²) in [4.78, 5) is 62.1. The fourth-order valence-corrected chi connectivity index (χ4v) is 6.14. The van der Waals surface area contributed by atoms with Crippen LogP contribution in [-0.4, -0.2) is 71.0 Å². The molecular weight excluding hydrogens is 757 g/mol. The Kier molecular flexibility index (Phi) is 12.3. The van der Waals surface area contributed by atoms with Gasteiger partial charge in [-0.1, -0.05) is 24.3 Å². The van der Waals surface area contributed by atoms with Crippen LogP contribution >= 0.6 is 11.8 Å². The first-order valence-corrected chi connectivity index (χ1v) is 17.4. The fourth-order valence-electron chi connectivity index (χ4n) is 5.65. The number of nitrogens with one attached hydrogen (secondary N) is 4. The second kappa shape index (κ2) is 16.9. The van der Waals surface area contributed by atoms with Crippen LogP contribution in [0.15, 0.2) is 54.6 Å². The number of thioether (sulfide) groups is 1. The summed E-state index contributed by atoms with van der Waals surface area (Å²) in [5.41, 5.74) is 4.18. The molecule has 5 rings (SSSR count). The van der Waals surface area contributed by atoms with Crippen molar-refractivity contribution < 1.29 is 60.9 Å². The molecule has 0 aliphatic carbocycles. The Hall–Kier alpha value is -6.21. The zero-order valence-corrected chi connectivity index (χ0v) is 29.2. The summed E-state index contributed by atoms with van der Waals surface area (Å²) in [5, 5.41) is 29.8. The topological polar surface area (TPSA) is 209 Å². The molecule has 0 saturated heterocycles. The molecule has 0 fully saturated rings.